The number of para-hydroxylation sites is 1. The van der Waals surface area contributed by atoms with Gasteiger partial charge in [-0.25, -0.2) is 0 Å². The molecule has 19 heavy (non-hydrogen) atoms. The fraction of sp³-hybridized carbons (Fsp3) is 0.562. The molecule has 0 saturated heterocycles. The quantitative estimate of drug-likeness (QED) is 0.886. The minimum absolute atomic E-state index is 0.176. The van der Waals surface area contributed by atoms with Crippen LogP contribution in [0.5, 0.6) is 5.75 Å². The van der Waals surface area contributed by atoms with Crippen molar-refractivity contribution in [2.75, 3.05) is 6.61 Å². The van der Waals surface area contributed by atoms with Crippen LogP contribution < -0.4 is 10.5 Å². The Morgan fingerprint density at radius 3 is 2.89 bits per heavy atom. The van der Waals surface area contributed by atoms with E-state index < -0.39 is 0 Å². The van der Waals surface area contributed by atoms with E-state index in [2.05, 4.69) is 19.9 Å². The van der Waals surface area contributed by atoms with Crippen molar-refractivity contribution in [2.24, 2.45) is 11.7 Å². The van der Waals surface area contributed by atoms with Crippen molar-refractivity contribution in [3.63, 3.8) is 0 Å². The molecular formula is C16H23NO2. The molecule has 0 radical (unpaired) electrons. The fourth-order valence-corrected chi connectivity index (χ4v) is 2.66. The third-order valence-corrected chi connectivity index (χ3v) is 3.67. The number of ketones is 1. The highest BCUT2D eigenvalue weighted by Gasteiger charge is 2.25. The van der Waals surface area contributed by atoms with Crippen LogP contribution in [0, 0.1) is 5.92 Å². The first-order valence-electron chi connectivity index (χ1n) is 7.08. The van der Waals surface area contributed by atoms with E-state index in [9.17, 15) is 4.79 Å². The normalized spacial score (nSPS) is 19.7. The van der Waals surface area contributed by atoms with Gasteiger partial charge in [0, 0.05) is 6.42 Å². The van der Waals surface area contributed by atoms with Gasteiger partial charge in [0.1, 0.15) is 11.5 Å². The average Bonchev–Trinajstić information content (AvgIpc) is 2.38. The number of hydrogen-bond donors (Lipinski definition) is 1. The van der Waals surface area contributed by atoms with Gasteiger partial charge in [0.15, 0.2) is 0 Å². The summed E-state index contributed by atoms with van der Waals surface area (Å²) in [4.78, 5) is 12.2. The number of benzene rings is 1. The average molecular weight is 261 g/mol. The lowest BCUT2D eigenvalue weighted by Gasteiger charge is -2.26. The molecule has 0 saturated carbocycles. The number of fused-ring (bicyclic) bond motifs is 1. The minimum atomic E-state index is -0.324. The number of carbonyl (C=O) groups excluding carboxylic acids is 1. The van der Waals surface area contributed by atoms with E-state index in [1.807, 2.05) is 18.2 Å². The van der Waals surface area contributed by atoms with Crippen LogP contribution in [0.3, 0.4) is 0 Å². The Kier molecular flexibility index (Phi) is 4.59. The molecule has 2 rings (SSSR count). The monoisotopic (exact) mass is 261 g/mol. The van der Waals surface area contributed by atoms with Gasteiger partial charge in [0.05, 0.1) is 12.6 Å². The van der Waals surface area contributed by atoms with Gasteiger partial charge < -0.3 is 10.5 Å². The van der Waals surface area contributed by atoms with Gasteiger partial charge in [-0.1, -0.05) is 32.0 Å². The lowest BCUT2D eigenvalue weighted by Crippen LogP contribution is -2.33. The number of ether oxygens (including phenoxy) is 1. The Balaban J connectivity index is 2.02. The Hall–Kier alpha value is -1.35. The molecule has 3 nitrogen and oxygen atoms in total. The fourth-order valence-electron chi connectivity index (χ4n) is 2.66. The molecule has 0 amide bonds. The van der Waals surface area contributed by atoms with Crippen LogP contribution in [-0.4, -0.2) is 18.4 Å². The van der Waals surface area contributed by atoms with Gasteiger partial charge in [-0.2, -0.15) is 0 Å². The zero-order valence-electron chi connectivity index (χ0n) is 11.8. The molecule has 1 aromatic carbocycles. The summed E-state index contributed by atoms with van der Waals surface area (Å²) in [6, 6.07) is 7.67. The summed E-state index contributed by atoms with van der Waals surface area (Å²) in [6.07, 6.45) is 2.20. The van der Waals surface area contributed by atoms with E-state index in [1.165, 1.54) is 0 Å². The molecule has 1 heterocycles. The van der Waals surface area contributed by atoms with E-state index in [4.69, 9.17) is 10.5 Å². The molecule has 2 atom stereocenters. The lowest BCUT2D eigenvalue weighted by molar-refractivity contribution is -0.121. The molecule has 1 aromatic rings. The summed E-state index contributed by atoms with van der Waals surface area (Å²) in [7, 11) is 0. The maximum Gasteiger partial charge on any atom is 0.150 e. The number of Topliss-reactive ketones (excluding diaryl/α,β-unsaturated/α-hetero) is 1. The van der Waals surface area contributed by atoms with E-state index in [1.54, 1.807) is 0 Å². The summed E-state index contributed by atoms with van der Waals surface area (Å²) in [5.41, 5.74) is 7.13. The summed E-state index contributed by atoms with van der Waals surface area (Å²) >= 11 is 0. The summed E-state index contributed by atoms with van der Waals surface area (Å²) < 4.78 is 5.62. The summed E-state index contributed by atoms with van der Waals surface area (Å²) in [5, 5.41) is 0. The van der Waals surface area contributed by atoms with Crippen molar-refractivity contribution < 1.29 is 9.53 Å². The number of hydrogen-bond acceptors (Lipinski definition) is 3. The molecule has 2 unspecified atom stereocenters. The number of rotatable bonds is 5. The second kappa shape index (κ2) is 6.20. The zero-order chi connectivity index (χ0) is 13.8. The molecule has 2 N–H and O–H groups in total. The molecule has 1 aliphatic rings. The van der Waals surface area contributed by atoms with Crippen molar-refractivity contribution in [1.29, 1.82) is 0 Å². The topological polar surface area (TPSA) is 52.3 Å². The standard InChI is InChI=1S/C16H23NO2/c1-11(2)9-14(17)15(18)10-12-7-8-19-16-6-4-3-5-13(12)16/h3-6,11-12,14H,7-10,17H2,1-2H3. The van der Waals surface area contributed by atoms with Gasteiger partial charge in [-0.15, -0.1) is 0 Å². The first-order chi connectivity index (χ1) is 9.08. The first kappa shape index (κ1) is 14.1. The summed E-state index contributed by atoms with van der Waals surface area (Å²) in [6.45, 7) is 4.88. The highest BCUT2D eigenvalue weighted by molar-refractivity contribution is 5.84. The van der Waals surface area contributed by atoms with E-state index >= 15 is 0 Å². The van der Waals surface area contributed by atoms with Gasteiger partial charge >= 0.3 is 0 Å². The molecule has 104 valence electrons. The Labute approximate surface area is 115 Å². The van der Waals surface area contributed by atoms with Crippen LogP contribution in [0.1, 0.15) is 44.6 Å². The molecule has 0 bridgehead atoms. The second-order valence-corrected chi connectivity index (χ2v) is 5.78. The van der Waals surface area contributed by atoms with Crippen molar-refractivity contribution in [3.05, 3.63) is 29.8 Å². The van der Waals surface area contributed by atoms with Crippen LogP contribution in [0.4, 0.5) is 0 Å². The third kappa shape index (κ3) is 3.57. The lowest BCUT2D eigenvalue weighted by atomic mass is 9.86. The molecule has 3 heteroatoms. The summed E-state index contributed by atoms with van der Waals surface area (Å²) in [5.74, 6) is 1.82. The zero-order valence-corrected chi connectivity index (χ0v) is 11.8. The van der Waals surface area contributed by atoms with Crippen molar-refractivity contribution >= 4 is 5.78 Å². The predicted molar refractivity (Wildman–Crippen MR) is 76.3 cm³/mol. The molecule has 0 aliphatic carbocycles. The van der Waals surface area contributed by atoms with Crippen molar-refractivity contribution in [2.45, 2.75) is 45.1 Å². The maximum atomic E-state index is 12.2. The van der Waals surface area contributed by atoms with Gasteiger partial charge in [0.2, 0.25) is 0 Å². The van der Waals surface area contributed by atoms with Gasteiger partial charge in [-0.05, 0) is 36.3 Å². The van der Waals surface area contributed by atoms with E-state index in [0.717, 1.165) is 24.2 Å². The van der Waals surface area contributed by atoms with Crippen LogP contribution in [0.25, 0.3) is 0 Å². The first-order valence-corrected chi connectivity index (χ1v) is 7.08. The number of nitrogens with two attached hydrogens (primary N) is 1. The smallest absolute Gasteiger partial charge is 0.150 e. The number of carbonyl (C=O) groups is 1. The third-order valence-electron chi connectivity index (χ3n) is 3.67. The van der Waals surface area contributed by atoms with E-state index in [0.29, 0.717) is 18.9 Å². The predicted octanol–water partition coefficient (Wildman–Crippen LogP) is 2.89. The minimum Gasteiger partial charge on any atom is -0.493 e. The highest BCUT2D eigenvalue weighted by Crippen LogP contribution is 2.35. The van der Waals surface area contributed by atoms with Crippen molar-refractivity contribution in [3.8, 4) is 5.75 Å². The second-order valence-electron chi connectivity index (χ2n) is 5.78. The van der Waals surface area contributed by atoms with Crippen molar-refractivity contribution in [1.82, 2.24) is 0 Å². The molecule has 0 aromatic heterocycles. The van der Waals surface area contributed by atoms with Gasteiger partial charge in [0.25, 0.3) is 0 Å². The largest absolute Gasteiger partial charge is 0.493 e. The van der Waals surface area contributed by atoms with Crippen LogP contribution in [-0.2, 0) is 4.79 Å². The van der Waals surface area contributed by atoms with E-state index in [-0.39, 0.29) is 17.7 Å². The Morgan fingerprint density at radius 2 is 2.16 bits per heavy atom. The SMILES string of the molecule is CC(C)CC(N)C(=O)CC1CCOc2ccccc21. The maximum absolute atomic E-state index is 12.2. The van der Waals surface area contributed by atoms with Gasteiger partial charge in [-0.3, -0.25) is 4.79 Å². The highest BCUT2D eigenvalue weighted by atomic mass is 16.5. The molecular weight excluding hydrogens is 238 g/mol. The molecule has 0 fully saturated rings. The Bertz CT molecular complexity index is 442. The van der Waals surface area contributed by atoms with Crippen LogP contribution in [0.2, 0.25) is 0 Å². The molecule has 0 spiro atoms. The van der Waals surface area contributed by atoms with Crippen LogP contribution in [0.15, 0.2) is 24.3 Å². The van der Waals surface area contributed by atoms with Crippen LogP contribution >= 0.6 is 0 Å². The Morgan fingerprint density at radius 1 is 1.42 bits per heavy atom. The molecule has 1 aliphatic heterocycles.